The van der Waals surface area contributed by atoms with Crippen molar-refractivity contribution in [1.29, 1.82) is 0 Å². The van der Waals surface area contributed by atoms with Crippen LogP contribution in [0, 0.1) is 0 Å². The summed E-state index contributed by atoms with van der Waals surface area (Å²) in [4.78, 5) is 11.9. The molecule has 6 heteroatoms. The summed E-state index contributed by atoms with van der Waals surface area (Å²) in [5.41, 5.74) is 0. The van der Waals surface area contributed by atoms with Crippen LogP contribution in [0.25, 0.3) is 0 Å². The van der Waals surface area contributed by atoms with E-state index in [-0.39, 0.29) is 12.4 Å². The van der Waals surface area contributed by atoms with Crippen molar-refractivity contribution >= 4 is 5.91 Å². The summed E-state index contributed by atoms with van der Waals surface area (Å²) >= 11 is 0. The van der Waals surface area contributed by atoms with Gasteiger partial charge < -0.3 is 24.0 Å². The Morgan fingerprint density at radius 3 is 2.95 bits per heavy atom. The van der Waals surface area contributed by atoms with Crippen LogP contribution in [0.5, 0.6) is 0 Å². The number of hydrogen-bond acceptors (Lipinski definition) is 5. The molecule has 2 rings (SSSR count). The molecule has 1 atom stereocenters. The SMILES string of the molecule is COCc1ccc(C(=O)NC(CO)c2ccco2)o1. The van der Waals surface area contributed by atoms with Crippen LogP contribution in [0.15, 0.2) is 39.4 Å². The van der Waals surface area contributed by atoms with Gasteiger partial charge in [-0.1, -0.05) is 0 Å². The third kappa shape index (κ3) is 3.24. The molecule has 2 aromatic heterocycles. The van der Waals surface area contributed by atoms with Crippen LogP contribution < -0.4 is 5.32 Å². The minimum atomic E-state index is -0.599. The number of aliphatic hydroxyl groups excluding tert-OH is 1. The molecule has 102 valence electrons. The summed E-state index contributed by atoms with van der Waals surface area (Å²) in [5.74, 6) is 0.792. The van der Waals surface area contributed by atoms with E-state index in [0.717, 1.165) is 0 Å². The Morgan fingerprint density at radius 1 is 1.47 bits per heavy atom. The summed E-state index contributed by atoms with van der Waals surface area (Å²) in [5, 5.41) is 11.9. The number of nitrogens with one attached hydrogen (secondary N) is 1. The van der Waals surface area contributed by atoms with E-state index in [1.165, 1.54) is 6.26 Å². The van der Waals surface area contributed by atoms with Gasteiger partial charge in [0.1, 0.15) is 24.2 Å². The van der Waals surface area contributed by atoms with Crippen LogP contribution in [-0.2, 0) is 11.3 Å². The highest BCUT2D eigenvalue weighted by molar-refractivity contribution is 5.91. The highest BCUT2D eigenvalue weighted by atomic mass is 16.5. The molecule has 0 saturated heterocycles. The molecule has 2 aromatic rings. The minimum absolute atomic E-state index is 0.164. The summed E-state index contributed by atoms with van der Waals surface area (Å²) < 4.78 is 15.3. The van der Waals surface area contributed by atoms with Crippen LogP contribution in [0.3, 0.4) is 0 Å². The number of aliphatic hydroxyl groups is 1. The number of carbonyl (C=O) groups excluding carboxylic acids is 1. The number of ether oxygens (including phenoxy) is 1. The van der Waals surface area contributed by atoms with Crippen LogP contribution in [-0.4, -0.2) is 24.7 Å². The van der Waals surface area contributed by atoms with E-state index < -0.39 is 11.9 Å². The van der Waals surface area contributed by atoms with Gasteiger partial charge in [-0.15, -0.1) is 0 Å². The largest absolute Gasteiger partial charge is 0.467 e. The fraction of sp³-hybridized carbons (Fsp3) is 0.308. The Balaban J connectivity index is 2.02. The molecule has 0 fully saturated rings. The highest BCUT2D eigenvalue weighted by Crippen LogP contribution is 2.15. The molecular formula is C13H15NO5. The first kappa shape index (κ1) is 13.4. The molecule has 2 N–H and O–H groups in total. The number of amides is 1. The topological polar surface area (TPSA) is 84.8 Å². The van der Waals surface area contributed by atoms with Gasteiger partial charge in [0.25, 0.3) is 5.91 Å². The highest BCUT2D eigenvalue weighted by Gasteiger charge is 2.19. The fourth-order valence-corrected chi connectivity index (χ4v) is 1.65. The molecule has 0 aliphatic carbocycles. The lowest BCUT2D eigenvalue weighted by Crippen LogP contribution is -2.30. The van der Waals surface area contributed by atoms with Gasteiger partial charge in [0, 0.05) is 7.11 Å². The van der Waals surface area contributed by atoms with E-state index in [9.17, 15) is 9.90 Å². The lowest BCUT2D eigenvalue weighted by molar-refractivity contribution is 0.0871. The molecule has 6 nitrogen and oxygen atoms in total. The van der Waals surface area contributed by atoms with Gasteiger partial charge in [-0.2, -0.15) is 0 Å². The predicted molar refractivity (Wildman–Crippen MR) is 65.4 cm³/mol. The first-order valence-corrected chi connectivity index (χ1v) is 5.77. The molecule has 19 heavy (non-hydrogen) atoms. The van der Waals surface area contributed by atoms with Gasteiger partial charge in [0.05, 0.1) is 12.9 Å². The Labute approximate surface area is 110 Å². The summed E-state index contributed by atoms with van der Waals surface area (Å²) in [6.07, 6.45) is 1.48. The van der Waals surface area contributed by atoms with Crippen molar-refractivity contribution in [2.24, 2.45) is 0 Å². The van der Waals surface area contributed by atoms with Crippen molar-refractivity contribution in [2.75, 3.05) is 13.7 Å². The van der Waals surface area contributed by atoms with Gasteiger partial charge in [0.2, 0.25) is 0 Å². The smallest absolute Gasteiger partial charge is 0.287 e. The maximum absolute atomic E-state index is 11.9. The zero-order chi connectivity index (χ0) is 13.7. The van der Waals surface area contributed by atoms with Crippen LogP contribution in [0.4, 0.5) is 0 Å². The van der Waals surface area contributed by atoms with E-state index in [1.54, 1.807) is 31.4 Å². The Hall–Kier alpha value is -2.05. The van der Waals surface area contributed by atoms with E-state index in [4.69, 9.17) is 13.6 Å². The second-order valence-corrected chi connectivity index (χ2v) is 3.92. The number of rotatable bonds is 6. The maximum atomic E-state index is 11.9. The van der Waals surface area contributed by atoms with Gasteiger partial charge >= 0.3 is 0 Å². The van der Waals surface area contributed by atoms with E-state index in [0.29, 0.717) is 18.1 Å². The molecule has 0 spiro atoms. The Morgan fingerprint density at radius 2 is 2.32 bits per heavy atom. The standard InChI is InChI=1S/C13H15NO5/c1-17-8-9-4-5-12(19-9)13(16)14-10(7-15)11-3-2-6-18-11/h2-6,10,15H,7-8H2,1H3,(H,14,16). The first-order valence-electron chi connectivity index (χ1n) is 5.77. The fourth-order valence-electron chi connectivity index (χ4n) is 1.65. The van der Waals surface area contributed by atoms with E-state index >= 15 is 0 Å². The molecule has 1 unspecified atom stereocenters. The maximum Gasteiger partial charge on any atom is 0.287 e. The third-order valence-corrected chi connectivity index (χ3v) is 2.55. The molecule has 0 radical (unpaired) electrons. The van der Waals surface area contributed by atoms with Crippen molar-refractivity contribution in [1.82, 2.24) is 5.32 Å². The molecule has 0 saturated carbocycles. The predicted octanol–water partition coefficient (Wildman–Crippen LogP) is 1.48. The van der Waals surface area contributed by atoms with Crippen LogP contribution in [0.2, 0.25) is 0 Å². The van der Waals surface area contributed by atoms with E-state index in [1.807, 2.05) is 0 Å². The second-order valence-electron chi connectivity index (χ2n) is 3.92. The lowest BCUT2D eigenvalue weighted by atomic mass is 10.2. The van der Waals surface area contributed by atoms with Gasteiger partial charge in [0.15, 0.2) is 5.76 Å². The normalized spacial score (nSPS) is 12.3. The number of furan rings is 2. The van der Waals surface area contributed by atoms with Crippen molar-refractivity contribution < 1.29 is 23.5 Å². The molecule has 2 heterocycles. The monoisotopic (exact) mass is 265 g/mol. The van der Waals surface area contributed by atoms with Gasteiger partial charge in [-0.05, 0) is 24.3 Å². The minimum Gasteiger partial charge on any atom is -0.467 e. The van der Waals surface area contributed by atoms with Crippen molar-refractivity contribution in [3.8, 4) is 0 Å². The lowest BCUT2D eigenvalue weighted by Gasteiger charge is -2.12. The molecule has 0 bridgehead atoms. The van der Waals surface area contributed by atoms with Crippen LogP contribution >= 0.6 is 0 Å². The molecular weight excluding hydrogens is 250 g/mol. The number of methoxy groups -OCH3 is 1. The molecule has 0 aliphatic heterocycles. The number of hydrogen-bond donors (Lipinski definition) is 2. The second kappa shape index (κ2) is 6.21. The Bertz CT molecular complexity index is 517. The summed E-state index contributed by atoms with van der Waals surface area (Å²) in [6.45, 7) is 0.0415. The van der Waals surface area contributed by atoms with Crippen LogP contribution in [0.1, 0.15) is 28.1 Å². The molecule has 0 aliphatic rings. The quantitative estimate of drug-likeness (QED) is 0.826. The van der Waals surface area contributed by atoms with Crippen molar-refractivity contribution in [2.45, 2.75) is 12.6 Å². The van der Waals surface area contributed by atoms with Crippen molar-refractivity contribution in [3.63, 3.8) is 0 Å². The molecule has 0 aromatic carbocycles. The third-order valence-electron chi connectivity index (χ3n) is 2.55. The van der Waals surface area contributed by atoms with E-state index in [2.05, 4.69) is 5.32 Å². The zero-order valence-corrected chi connectivity index (χ0v) is 10.5. The number of carbonyl (C=O) groups is 1. The average molecular weight is 265 g/mol. The van der Waals surface area contributed by atoms with Gasteiger partial charge in [-0.3, -0.25) is 4.79 Å². The average Bonchev–Trinajstić information content (AvgIpc) is 3.07. The summed E-state index contributed by atoms with van der Waals surface area (Å²) in [6, 6.07) is 5.99. The summed E-state index contributed by atoms with van der Waals surface area (Å²) in [7, 11) is 1.54. The molecule has 1 amide bonds. The zero-order valence-electron chi connectivity index (χ0n) is 10.5. The van der Waals surface area contributed by atoms with Crippen molar-refractivity contribution in [3.05, 3.63) is 47.8 Å². The first-order chi connectivity index (χ1) is 9.24. The Kier molecular flexibility index (Phi) is 4.38. The van der Waals surface area contributed by atoms with Gasteiger partial charge in [-0.25, -0.2) is 0 Å².